The summed E-state index contributed by atoms with van der Waals surface area (Å²) >= 11 is 0. The summed E-state index contributed by atoms with van der Waals surface area (Å²) in [6.45, 7) is 5.62. The van der Waals surface area contributed by atoms with Crippen LogP contribution in [-0.4, -0.2) is 4.98 Å². The molecule has 0 aliphatic rings. The standard InChI is InChI=1S/C12H14N2/c1-10(4-3-5-11(2)13)12-6-8-14-9-7-12/h3-9H,2,13H2,1H3/b5-3-,10-4+. The summed E-state index contributed by atoms with van der Waals surface area (Å²) in [5.41, 5.74) is 8.29. The molecule has 72 valence electrons. The molecule has 0 saturated heterocycles. The SMILES string of the molecule is C=C(N)/C=C\C=C(/C)c1ccncc1. The molecule has 14 heavy (non-hydrogen) atoms. The second-order valence-electron chi connectivity index (χ2n) is 3.02. The van der Waals surface area contributed by atoms with Crippen LogP contribution in [0, 0.1) is 0 Å². The van der Waals surface area contributed by atoms with E-state index in [0.29, 0.717) is 5.70 Å². The molecule has 2 nitrogen and oxygen atoms in total. The Kier molecular flexibility index (Phi) is 3.68. The van der Waals surface area contributed by atoms with Gasteiger partial charge in [0.15, 0.2) is 0 Å². The molecule has 0 radical (unpaired) electrons. The Hall–Kier alpha value is -1.83. The van der Waals surface area contributed by atoms with Crippen LogP contribution < -0.4 is 5.73 Å². The van der Waals surface area contributed by atoms with Crippen LogP contribution in [0.3, 0.4) is 0 Å². The Bertz CT molecular complexity index is 361. The van der Waals surface area contributed by atoms with Crippen molar-refractivity contribution < 1.29 is 0 Å². The zero-order valence-electron chi connectivity index (χ0n) is 8.27. The van der Waals surface area contributed by atoms with Gasteiger partial charge < -0.3 is 5.73 Å². The number of pyridine rings is 1. The van der Waals surface area contributed by atoms with E-state index >= 15 is 0 Å². The molecule has 0 spiro atoms. The molecule has 1 rings (SSSR count). The fraction of sp³-hybridized carbons (Fsp3) is 0.0833. The lowest BCUT2D eigenvalue weighted by molar-refractivity contribution is 1.31. The largest absolute Gasteiger partial charge is 0.399 e. The summed E-state index contributed by atoms with van der Waals surface area (Å²) in [5.74, 6) is 0. The van der Waals surface area contributed by atoms with E-state index in [1.54, 1.807) is 18.5 Å². The van der Waals surface area contributed by atoms with Crippen LogP contribution in [0.4, 0.5) is 0 Å². The van der Waals surface area contributed by atoms with E-state index < -0.39 is 0 Å². The van der Waals surface area contributed by atoms with E-state index in [9.17, 15) is 0 Å². The van der Waals surface area contributed by atoms with E-state index in [2.05, 4.69) is 11.6 Å². The minimum Gasteiger partial charge on any atom is -0.399 e. The third-order valence-electron chi connectivity index (χ3n) is 1.79. The highest BCUT2D eigenvalue weighted by molar-refractivity contribution is 5.64. The zero-order chi connectivity index (χ0) is 10.4. The molecular weight excluding hydrogens is 172 g/mol. The maximum absolute atomic E-state index is 5.40. The number of nitrogens with zero attached hydrogens (tertiary/aromatic N) is 1. The van der Waals surface area contributed by atoms with Gasteiger partial charge in [0.1, 0.15) is 0 Å². The highest BCUT2D eigenvalue weighted by Gasteiger charge is 1.90. The molecule has 0 aliphatic heterocycles. The zero-order valence-corrected chi connectivity index (χ0v) is 8.27. The number of hydrogen-bond acceptors (Lipinski definition) is 2. The van der Waals surface area contributed by atoms with Crippen LogP contribution in [0.5, 0.6) is 0 Å². The molecule has 0 saturated carbocycles. The molecule has 0 aliphatic carbocycles. The van der Waals surface area contributed by atoms with Crippen molar-refractivity contribution >= 4 is 5.57 Å². The monoisotopic (exact) mass is 186 g/mol. The summed E-state index contributed by atoms with van der Waals surface area (Å²) < 4.78 is 0. The van der Waals surface area contributed by atoms with Gasteiger partial charge in [-0.05, 0) is 36.3 Å². The third-order valence-corrected chi connectivity index (χ3v) is 1.79. The maximum atomic E-state index is 5.40. The summed E-state index contributed by atoms with van der Waals surface area (Å²) in [5, 5.41) is 0. The summed E-state index contributed by atoms with van der Waals surface area (Å²) in [6, 6.07) is 3.94. The van der Waals surface area contributed by atoms with E-state index in [1.807, 2.05) is 31.2 Å². The normalized spacial score (nSPS) is 11.9. The molecule has 2 heteroatoms. The lowest BCUT2D eigenvalue weighted by Crippen LogP contribution is -1.87. The Morgan fingerprint density at radius 1 is 1.43 bits per heavy atom. The van der Waals surface area contributed by atoms with Gasteiger partial charge in [-0.15, -0.1) is 0 Å². The smallest absolute Gasteiger partial charge is 0.0273 e. The first kappa shape index (κ1) is 10.3. The Morgan fingerprint density at radius 2 is 2.07 bits per heavy atom. The number of aromatic nitrogens is 1. The summed E-state index contributed by atoms with van der Waals surface area (Å²) in [6.07, 6.45) is 9.20. The van der Waals surface area contributed by atoms with Crippen LogP contribution in [-0.2, 0) is 0 Å². The highest BCUT2D eigenvalue weighted by atomic mass is 14.6. The first-order valence-electron chi connectivity index (χ1n) is 4.40. The van der Waals surface area contributed by atoms with Crippen LogP contribution in [0.15, 0.2) is 55.0 Å². The number of rotatable bonds is 3. The molecule has 0 fully saturated rings. The third kappa shape index (κ3) is 3.27. The van der Waals surface area contributed by atoms with Crippen molar-refractivity contribution in [2.75, 3.05) is 0 Å². The molecule has 0 unspecified atom stereocenters. The minimum absolute atomic E-state index is 0.559. The van der Waals surface area contributed by atoms with Crippen LogP contribution >= 0.6 is 0 Å². The van der Waals surface area contributed by atoms with E-state index in [0.717, 1.165) is 5.56 Å². The van der Waals surface area contributed by atoms with Gasteiger partial charge in [0.25, 0.3) is 0 Å². The minimum atomic E-state index is 0.559. The van der Waals surface area contributed by atoms with Gasteiger partial charge in [0.05, 0.1) is 0 Å². The number of allylic oxidation sites excluding steroid dienone is 4. The molecule has 1 aromatic heterocycles. The fourth-order valence-electron chi connectivity index (χ4n) is 1.03. The molecule has 0 aromatic carbocycles. The Labute approximate surface area is 84.5 Å². The first-order valence-corrected chi connectivity index (χ1v) is 4.40. The lowest BCUT2D eigenvalue weighted by atomic mass is 10.1. The molecule has 0 atom stereocenters. The molecular formula is C12H14N2. The first-order chi connectivity index (χ1) is 6.70. The number of nitrogens with two attached hydrogens (primary N) is 1. The second kappa shape index (κ2) is 5.02. The Morgan fingerprint density at radius 3 is 2.64 bits per heavy atom. The summed E-state index contributed by atoms with van der Waals surface area (Å²) in [7, 11) is 0. The van der Waals surface area contributed by atoms with E-state index in [1.165, 1.54) is 5.57 Å². The molecule has 0 bridgehead atoms. The van der Waals surface area contributed by atoms with E-state index in [-0.39, 0.29) is 0 Å². The quantitative estimate of drug-likeness (QED) is 0.737. The molecule has 1 heterocycles. The highest BCUT2D eigenvalue weighted by Crippen LogP contribution is 2.11. The predicted octanol–water partition coefficient (Wildman–Crippen LogP) is 2.51. The summed E-state index contributed by atoms with van der Waals surface area (Å²) in [4.78, 5) is 3.96. The van der Waals surface area contributed by atoms with Crippen molar-refractivity contribution in [3.05, 3.63) is 60.6 Å². The van der Waals surface area contributed by atoms with Gasteiger partial charge in [-0.3, -0.25) is 4.98 Å². The predicted molar refractivity (Wildman–Crippen MR) is 60.4 cm³/mol. The van der Waals surface area contributed by atoms with Gasteiger partial charge in [0.2, 0.25) is 0 Å². The van der Waals surface area contributed by atoms with Crippen LogP contribution in [0.2, 0.25) is 0 Å². The van der Waals surface area contributed by atoms with Crippen molar-refractivity contribution in [2.45, 2.75) is 6.92 Å². The number of hydrogen-bond donors (Lipinski definition) is 1. The van der Waals surface area contributed by atoms with Gasteiger partial charge in [-0.1, -0.05) is 18.7 Å². The van der Waals surface area contributed by atoms with Crippen molar-refractivity contribution in [2.24, 2.45) is 5.73 Å². The molecule has 0 amide bonds. The van der Waals surface area contributed by atoms with Crippen LogP contribution in [0.25, 0.3) is 5.57 Å². The maximum Gasteiger partial charge on any atom is 0.0273 e. The van der Waals surface area contributed by atoms with Crippen molar-refractivity contribution in [3.8, 4) is 0 Å². The Balaban J connectivity index is 2.75. The lowest BCUT2D eigenvalue weighted by Gasteiger charge is -1.97. The molecule has 1 aromatic rings. The van der Waals surface area contributed by atoms with Gasteiger partial charge in [-0.2, -0.15) is 0 Å². The average molecular weight is 186 g/mol. The van der Waals surface area contributed by atoms with Gasteiger partial charge in [0, 0.05) is 18.1 Å². The fourth-order valence-corrected chi connectivity index (χ4v) is 1.03. The van der Waals surface area contributed by atoms with Crippen molar-refractivity contribution in [1.29, 1.82) is 0 Å². The van der Waals surface area contributed by atoms with E-state index in [4.69, 9.17) is 5.73 Å². The van der Waals surface area contributed by atoms with Crippen molar-refractivity contribution in [1.82, 2.24) is 4.98 Å². The van der Waals surface area contributed by atoms with Crippen LogP contribution in [0.1, 0.15) is 12.5 Å². The molecule has 2 N–H and O–H groups in total. The second-order valence-corrected chi connectivity index (χ2v) is 3.02. The average Bonchev–Trinajstić information content (AvgIpc) is 2.18. The topological polar surface area (TPSA) is 38.9 Å². The van der Waals surface area contributed by atoms with Crippen molar-refractivity contribution in [3.63, 3.8) is 0 Å². The van der Waals surface area contributed by atoms with Gasteiger partial charge >= 0.3 is 0 Å². The van der Waals surface area contributed by atoms with Gasteiger partial charge in [-0.25, -0.2) is 0 Å².